The van der Waals surface area contributed by atoms with Gasteiger partial charge in [0.1, 0.15) is 5.75 Å². The predicted octanol–water partition coefficient (Wildman–Crippen LogP) is 1.20. The van der Waals surface area contributed by atoms with Gasteiger partial charge in [0.15, 0.2) is 6.29 Å². The summed E-state index contributed by atoms with van der Waals surface area (Å²) in [5.41, 5.74) is 0.331. The van der Waals surface area contributed by atoms with Gasteiger partial charge in [-0.25, -0.2) is 0 Å². The molecule has 1 aromatic carbocycles. The number of rotatable bonds is 1. The third-order valence-corrected chi connectivity index (χ3v) is 1.06. The maximum absolute atomic E-state index is 10.1. The Morgan fingerprint density at radius 1 is 1.30 bits per heavy atom. The average molecular weight is 174 g/mol. The molecular formula is C7H6CrO2+3. The summed E-state index contributed by atoms with van der Waals surface area (Å²) in [7, 11) is 0. The van der Waals surface area contributed by atoms with Gasteiger partial charge < -0.3 is 5.11 Å². The van der Waals surface area contributed by atoms with E-state index in [0.29, 0.717) is 11.8 Å². The largest absolute Gasteiger partial charge is 3.00 e. The Morgan fingerprint density at radius 2 is 1.90 bits per heavy atom. The fourth-order valence-electron chi connectivity index (χ4n) is 0.587. The monoisotopic (exact) mass is 174 g/mol. The van der Waals surface area contributed by atoms with E-state index >= 15 is 0 Å². The van der Waals surface area contributed by atoms with Gasteiger partial charge in [-0.05, 0) is 12.1 Å². The second kappa shape index (κ2) is 4.10. The van der Waals surface area contributed by atoms with E-state index in [1.165, 1.54) is 6.07 Å². The molecular weight excluding hydrogens is 168 g/mol. The Labute approximate surface area is 69.6 Å². The molecule has 0 heterocycles. The minimum atomic E-state index is 0. The van der Waals surface area contributed by atoms with E-state index in [4.69, 9.17) is 5.11 Å². The topological polar surface area (TPSA) is 37.3 Å². The van der Waals surface area contributed by atoms with Crippen LogP contribution in [0.4, 0.5) is 0 Å². The maximum Gasteiger partial charge on any atom is 3.00 e. The van der Waals surface area contributed by atoms with Crippen molar-refractivity contribution >= 4 is 6.29 Å². The summed E-state index contributed by atoms with van der Waals surface area (Å²) in [5, 5.41) is 8.88. The number of para-hydroxylation sites is 1. The molecule has 1 aromatic rings. The van der Waals surface area contributed by atoms with Crippen LogP contribution in [0.3, 0.4) is 0 Å². The second-order valence-electron chi connectivity index (χ2n) is 1.68. The zero-order valence-electron chi connectivity index (χ0n) is 5.15. The first-order valence-electron chi connectivity index (χ1n) is 2.58. The molecule has 0 aromatic heterocycles. The zero-order chi connectivity index (χ0) is 6.69. The van der Waals surface area contributed by atoms with Crippen LogP contribution in [0.5, 0.6) is 5.75 Å². The normalized spacial score (nSPS) is 8.00. The Morgan fingerprint density at radius 3 is 2.30 bits per heavy atom. The standard InChI is InChI=1S/C7H6O2.Cr/c8-5-6-3-1-2-4-7(6)9;/h1-5,9H;/q;+3. The van der Waals surface area contributed by atoms with Crippen LogP contribution in [0, 0.1) is 0 Å². The minimum Gasteiger partial charge on any atom is -0.507 e. The molecule has 1 rings (SSSR count). The van der Waals surface area contributed by atoms with Crippen molar-refractivity contribution in [1.29, 1.82) is 0 Å². The van der Waals surface area contributed by atoms with Crippen LogP contribution in [0.25, 0.3) is 0 Å². The van der Waals surface area contributed by atoms with E-state index in [1.54, 1.807) is 18.2 Å². The summed E-state index contributed by atoms with van der Waals surface area (Å²) in [6.45, 7) is 0. The minimum absolute atomic E-state index is 0. The number of phenols is 1. The first-order chi connectivity index (χ1) is 4.34. The summed E-state index contributed by atoms with van der Waals surface area (Å²) in [5.74, 6) is 0.0347. The van der Waals surface area contributed by atoms with E-state index in [2.05, 4.69) is 0 Å². The van der Waals surface area contributed by atoms with Crippen LogP contribution in [0.1, 0.15) is 10.4 Å². The molecule has 1 radical (unpaired) electrons. The number of hydrogen-bond acceptors (Lipinski definition) is 2. The van der Waals surface area contributed by atoms with Crippen LogP contribution in [-0.4, -0.2) is 11.4 Å². The number of carbonyl (C=O) groups excluding carboxylic acids is 1. The molecule has 0 aliphatic rings. The molecule has 0 amide bonds. The molecule has 0 aliphatic heterocycles. The van der Waals surface area contributed by atoms with Crippen LogP contribution in [0.15, 0.2) is 24.3 Å². The molecule has 0 fully saturated rings. The van der Waals surface area contributed by atoms with Gasteiger partial charge in [0.25, 0.3) is 0 Å². The number of hydrogen-bond donors (Lipinski definition) is 1. The van der Waals surface area contributed by atoms with Gasteiger partial charge in [-0.2, -0.15) is 0 Å². The van der Waals surface area contributed by atoms with Crippen molar-refractivity contribution in [2.24, 2.45) is 0 Å². The van der Waals surface area contributed by atoms with Crippen LogP contribution >= 0.6 is 0 Å². The van der Waals surface area contributed by atoms with Gasteiger partial charge in [0, 0.05) is 0 Å². The third kappa shape index (κ3) is 1.87. The molecule has 0 saturated carbocycles. The summed E-state index contributed by atoms with van der Waals surface area (Å²) in [4.78, 5) is 10.1. The Balaban J connectivity index is 0.000000810. The quantitative estimate of drug-likeness (QED) is 0.649. The first kappa shape index (κ1) is 9.22. The Kier molecular flexibility index (Phi) is 3.79. The molecule has 3 heteroatoms. The molecule has 0 atom stereocenters. The van der Waals surface area contributed by atoms with E-state index in [1.807, 2.05) is 0 Å². The summed E-state index contributed by atoms with van der Waals surface area (Å²) in [6, 6.07) is 6.40. The Bertz CT molecular complexity index is 223. The van der Waals surface area contributed by atoms with Gasteiger partial charge in [0.05, 0.1) is 5.56 Å². The molecule has 49 valence electrons. The van der Waals surface area contributed by atoms with E-state index < -0.39 is 0 Å². The van der Waals surface area contributed by atoms with Gasteiger partial charge in [0.2, 0.25) is 0 Å². The molecule has 0 bridgehead atoms. The van der Waals surface area contributed by atoms with Crippen molar-refractivity contribution in [3.05, 3.63) is 29.8 Å². The number of aromatic hydroxyl groups is 1. The van der Waals surface area contributed by atoms with Crippen LogP contribution in [0.2, 0.25) is 0 Å². The van der Waals surface area contributed by atoms with Crippen molar-refractivity contribution in [3.8, 4) is 5.75 Å². The SMILES string of the molecule is O=Cc1ccccc1O.[Cr+3]. The van der Waals surface area contributed by atoms with Crippen molar-refractivity contribution in [2.45, 2.75) is 0 Å². The summed E-state index contributed by atoms with van der Waals surface area (Å²) >= 11 is 0. The molecule has 2 nitrogen and oxygen atoms in total. The molecule has 0 unspecified atom stereocenters. The zero-order valence-corrected chi connectivity index (χ0v) is 6.43. The fraction of sp³-hybridized carbons (Fsp3) is 0. The number of benzene rings is 1. The van der Waals surface area contributed by atoms with E-state index in [9.17, 15) is 4.79 Å². The average Bonchev–Trinajstić information content (AvgIpc) is 1.89. The number of carbonyl (C=O) groups is 1. The molecule has 1 N–H and O–H groups in total. The third-order valence-electron chi connectivity index (χ3n) is 1.06. The second-order valence-corrected chi connectivity index (χ2v) is 1.68. The van der Waals surface area contributed by atoms with E-state index in [0.717, 1.165) is 0 Å². The summed E-state index contributed by atoms with van der Waals surface area (Å²) < 4.78 is 0. The number of phenolic OH excluding ortho intramolecular Hbond substituents is 1. The maximum atomic E-state index is 10.1. The van der Waals surface area contributed by atoms with Gasteiger partial charge in [-0.15, -0.1) is 0 Å². The van der Waals surface area contributed by atoms with Crippen molar-refractivity contribution < 1.29 is 27.3 Å². The van der Waals surface area contributed by atoms with Gasteiger partial charge >= 0.3 is 17.4 Å². The van der Waals surface area contributed by atoms with Crippen molar-refractivity contribution in [1.82, 2.24) is 0 Å². The number of aldehydes is 1. The van der Waals surface area contributed by atoms with E-state index in [-0.39, 0.29) is 23.1 Å². The predicted molar refractivity (Wildman–Crippen MR) is 33.5 cm³/mol. The molecule has 0 spiro atoms. The van der Waals surface area contributed by atoms with Crippen LogP contribution in [-0.2, 0) is 17.4 Å². The van der Waals surface area contributed by atoms with Gasteiger partial charge in [-0.1, -0.05) is 12.1 Å². The van der Waals surface area contributed by atoms with Crippen molar-refractivity contribution in [3.63, 3.8) is 0 Å². The van der Waals surface area contributed by atoms with Crippen LogP contribution < -0.4 is 0 Å². The summed E-state index contributed by atoms with van der Waals surface area (Å²) in [6.07, 6.45) is 0.620. The smallest absolute Gasteiger partial charge is 0.507 e. The molecule has 0 aliphatic carbocycles. The molecule has 10 heavy (non-hydrogen) atoms. The Hall–Kier alpha value is -0.778. The van der Waals surface area contributed by atoms with Crippen molar-refractivity contribution in [2.75, 3.05) is 0 Å². The van der Waals surface area contributed by atoms with Gasteiger partial charge in [-0.3, -0.25) is 4.79 Å². The molecule has 0 saturated heterocycles. The first-order valence-corrected chi connectivity index (χ1v) is 2.58. The fourth-order valence-corrected chi connectivity index (χ4v) is 0.587.